The van der Waals surface area contributed by atoms with Crippen LogP contribution >= 0.6 is 0 Å². The maximum absolute atomic E-state index is 15.7. The molecule has 0 aromatic heterocycles. The van der Waals surface area contributed by atoms with Crippen molar-refractivity contribution < 1.29 is 37.3 Å². The van der Waals surface area contributed by atoms with E-state index in [1.165, 1.54) is 26.4 Å². The molecule has 1 N–H and O–H groups in total. The molecule has 0 heterocycles. The first-order chi connectivity index (χ1) is 17.8. The number of methoxy groups -OCH3 is 2. The summed E-state index contributed by atoms with van der Waals surface area (Å²) in [7, 11) is 3.03. The van der Waals surface area contributed by atoms with E-state index in [9.17, 15) is 18.7 Å². The van der Waals surface area contributed by atoms with E-state index in [1.807, 2.05) is 0 Å². The van der Waals surface area contributed by atoms with E-state index in [4.69, 9.17) is 14.2 Å². The molecule has 3 aromatic rings. The Bertz CT molecular complexity index is 1370. The summed E-state index contributed by atoms with van der Waals surface area (Å²) in [6.45, 7) is 0.128. The van der Waals surface area contributed by atoms with Crippen molar-refractivity contribution in [1.82, 2.24) is 0 Å². The number of carbonyl (C=O) groups is 1. The molecule has 2 aliphatic carbocycles. The van der Waals surface area contributed by atoms with Crippen molar-refractivity contribution >= 4 is 5.97 Å². The van der Waals surface area contributed by atoms with E-state index in [2.05, 4.69) is 0 Å². The standard InChI is InChI=1S/C29H27F3O5/c1-35-15-17-11-16(3-5-19(17)21-12-18(36-2)4-6-23(21)30)14-37-25-13-24(31)20-7-9-29(26(20)27(25)32)10-8-22(29)28(33)34/h3-6,11-13,22H,7-10,14-15H2,1-2H3,(H,33,34). The van der Waals surface area contributed by atoms with Crippen LogP contribution in [0.5, 0.6) is 11.5 Å². The van der Waals surface area contributed by atoms with Crippen LogP contribution in [0.2, 0.25) is 0 Å². The maximum atomic E-state index is 15.7. The monoisotopic (exact) mass is 512 g/mol. The fourth-order valence-electron chi connectivity index (χ4n) is 5.85. The fraction of sp³-hybridized carbons (Fsp3) is 0.345. The lowest BCUT2D eigenvalue weighted by atomic mass is 9.57. The molecule has 2 atom stereocenters. The molecule has 194 valence electrons. The van der Waals surface area contributed by atoms with Gasteiger partial charge in [0.15, 0.2) is 11.6 Å². The Kier molecular flexibility index (Phi) is 6.62. The normalized spacial score (nSPS) is 20.0. The second kappa shape index (κ2) is 9.74. The molecule has 2 aliphatic rings. The average molecular weight is 513 g/mol. The number of carboxylic acid groups (broad SMARTS) is 1. The third-order valence-electron chi connectivity index (χ3n) is 7.77. The first-order valence-corrected chi connectivity index (χ1v) is 12.1. The van der Waals surface area contributed by atoms with Crippen LogP contribution in [-0.2, 0) is 34.6 Å². The quantitative estimate of drug-likeness (QED) is 0.390. The number of benzene rings is 3. The van der Waals surface area contributed by atoms with Crippen LogP contribution in [0.1, 0.15) is 41.5 Å². The van der Waals surface area contributed by atoms with Crippen LogP contribution in [-0.4, -0.2) is 25.3 Å². The minimum absolute atomic E-state index is 0.0674. The van der Waals surface area contributed by atoms with Gasteiger partial charge in [-0.3, -0.25) is 4.79 Å². The van der Waals surface area contributed by atoms with Gasteiger partial charge in [0.1, 0.15) is 24.0 Å². The Balaban J connectivity index is 1.44. The molecule has 0 saturated heterocycles. The molecule has 3 aromatic carbocycles. The Morgan fingerprint density at radius 1 is 1.00 bits per heavy atom. The third kappa shape index (κ3) is 4.23. The second-order valence-electron chi connectivity index (χ2n) is 9.67. The molecule has 0 radical (unpaired) electrons. The molecule has 0 bridgehead atoms. The van der Waals surface area contributed by atoms with Crippen molar-refractivity contribution in [3.63, 3.8) is 0 Å². The Labute approximate surface area is 212 Å². The molecule has 2 unspecified atom stereocenters. The zero-order chi connectivity index (χ0) is 26.3. The predicted octanol–water partition coefficient (Wildman–Crippen LogP) is 6.18. The molecule has 1 saturated carbocycles. The zero-order valence-corrected chi connectivity index (χ0v) is 20.6. The highest BCUT2D eigenvalue weighted by atomic mass is 19.1. The van der Waals surface area contributed by atoms with Gasteiger partial charge in [-0.25, -0.2) is 13.2 Å². The molecular formula is C29H27F3O5. The van der Waals surface area contributed by atoms with Gasteiger partial charge in [0.05, 0.1) is 19.6 Å². The topological polar surface area (TPSA) is 65.0 Å². The smallest absolute Gasteiger partial charge is 0.307 e. The highest BCUT2D eigenvalue weighted by Crippen LogP contribution is 2.58. The molecule has 8 heteroatoms. The zero-order valence-electron chi connectivity index (χ0n) is 20.6. The fourth-order valence-corrected chi connectivity index (χ4v) is 5.85. The number of halogens is 3. The summed E-state index contributed by atoms with van der Waals surface area (Å²) in [4.78, 5) is 11.7. The van der Waals surface area contributed by atoms with E-state index in [0.717, 1.165) is 6.07 Å². The third-order valence-corrected chi connectivity index (χ3v) is 7.77. The van der Waals surface area contributed by atoms with Crippen molar-refractivity contribution in [2.75, 3.05) is 14.2 Å². The number of carboxylic acids is 1. The van der Waals surface area contributed by atoms with Crippen LogP contribution < -0.4 is 9.47 Å². The SMILES string of the molecule is COCc1cc(COc2cc(F)c3c(c2F)C2(CC3)CCC2C(=O)O)ccc1-c1cc(OC)ccc1F. The summed E-state index contributed by atoms with van der Waals surface area (Å²) in [5, 5.41) is 9.60. The molecular weight excluding hydrogens is 485 g/mol. The van der Waals surface area contributed by atoms with E-state index in [0.29, 0.717) is 53.7 Å². The Hall–Kier alpha value is -3.52. The largest absolute Gasteiger partial charge is 0.497 e. The number of aliphatic carboxylic acids is 1. The molecule has 5 nitrogen and oxygen atoms in total. The van der Waals surface area contributed by atoms with Gasteiger partial charge >= 0.3 is 5.97 Å². The van der Waals surface area contributed by atoms with E-state index < -0.39 is 34.8 Å². The summed E-state index contributed by atoms with van der Waals surface area (Å²) in [5.74, 6) is -3.12. The van der Waals surface area contributed by atoms with Gasteiger partial charge < -0.3 is 19.3 Å². The van der Waals surface area contributed by atoms with Gasteiger partial charge in [-0.15, -0.1) is 0 Å². The Morgan fingerprint density at radius 2 is 1.81 bits per heavy atom. The van der Waals surface area contributed by atoms with Crippen LogP contribution in [0.3, 0.4) is 0 Å². The number of hydrogen-bond acceptors (Lipinski definition) is 4. The molecule has 37 heavy (non-hydrogen) atoms. The summed E-state index contributed by atoms with van der Waals surface area (Å²) < 4.78 is 61.5. The molecule has 0 aliphatic heterocycles. The average Bonchev–Trinajstić information content (AvgIpc) is 3.29. The number of ether oxygens (including phenoxy) is 3. The van der Waals surface area contributed by atoms with Crippen LogP contribution in [0.15, 0.2) is 42.5 Å². The maximum Gasteiger partial charge on any atom is 0.307 e. The lowest BCUT2D eigenvalue weighted by Crippen LogP contribution is -2.47. The van der Waals surface area contributed by atoms with E-state index in [1.54, 1.807) is 24.3 Å². The molecule has 1 spiro atoms. The number of fused-ring (bicyclic) bond motifs is 2. The van der Waals surface area contributed by atoms with Crippen molar-refractivity contribution in [3.05, 3.63) is 82.2 Å². The van der Waals surface area contributed by atoms with Gasteiger partial charge in [-0.05, 0) is 72.2 Å². The Morgan fingerprint density at radius 3 is 2.49 bits per heavy atom. The lowest BCUT2D eigenvalue weighted by Gasteiger charge is -2.45. The van der Waals surface area contributed by atoms with Crippen molar-refractivity contribution in [2.45, 2.75) is 44.3 Å². The van der Waals surface area contributed by atoms with Gasteiger partial charge in [-0.2, -0.15) is 0 Å². The van der Waals surface area contributed by atoms with Crippen molar-refractivity contribution in [2.24, 2.45) is 5.92 Å². The van der Waals surface area contributed by atoms with Crippen LogP contribution in [0, 0.1) is 23.4 Å². The predicted molar refractivity (Wildman–Crippen MR) is 130 cm³/mol. The van der Waals surface area contributed by atoms with Gasteiger partial charge in [0, 0.05) is 29.7 Å². The van der Waals surface area contributed by atoms with Crippen molar-refractivity contribution in [3.8, 4) is 22.6 Å². The highest BCUT2D eigenvalue weighted by molar-refractivity contribution is 5.75. The minimum atomic E-state index is -0.983. The van der Waals surface area contributed by atoms with Gasteiger partial charge in [0.2, 0.25) is 0 Å². The molecule has 1 fully saturated rings. The van der Waals surface area contributed by atoms with Gasteiger partial charge in [0.25, 0.3) is 0 Å². The number of rotatable bonds is 8. The highest BCUT2D eigenvalue weighted by Gasteiger charge is 2.57. The first-order valence-electron chi connectivity index (χ1n) is 12.1. The number of hydrogen-bond donors (Lipinski definition) is 1. The summed E-state index contributed by atoms with van der Waals surface area (Å²) in [5.41, 5.74) is 1.84. The van der Waals surface area contributed by atoms with Crippen LogP contribution in [0.25, 0.3) is 11.1 Å². The summed E-state index contributed by atoms with van der Waals surface area (Å²) in [6.07, 6.45) is 1.69. The van der Waals surface area contributed by atoms with E-state index >= 15 is 4.39 Å². The van der Waals surface area contributed by atoms with Crippen LogP contribution in [0.4, 0.5) is 13.2 Å². The van der Waals surface area contributed by atoms with Gasteiger partial charge in [-0.1, -0.05) is 12.1 Å². The molecule has 5 rings (SSSR count). The first kappa shape index (κ1) is 25.1. The minimum Gasteiger partial charge on any atom is -0.497 e. The summed E-state index contributed by atoms with van der Waals surface area (Å²) in [6, 6.07) is 10.7. The molecule has 0 amide bonds. The second-order valence-corrected chi connectivity index (χ2v) is 9.67. The summed E-state index contributed by atoms with van der Waals surface area (Å²) >= 11 is 0. The van der Waals surface area contributed by atoms with Crippen molar-refractivity contribution in [1.29, 1.82) is 0 Å². The van der Waals surface area contributed by atoms with E-state index in [-0.39, 0.29) is 30.1 Å². The lowest BCUT2D eigenvalue weighted by molar-refractivity contribution is -0.149.